The van der Waals surface area contributed by atoms with Crippen molar-refractivity contribution >= 4 is 11.6 Å². The second-order valence-corrected chi connectivity index (χ2v) is 7.08. The number of hydrogen-bond acceptors (Lipinski definition) is 3. The molecule has 0 aromatic heterocycles. The molecule has 2 rings (SSSR count). The number of carbonyl (C=O) groups is 1. The van der Waals surface area contributed by atoms with E-state index in [4.69, 9.17) is 4.74 Å². The molecule has 0 atom stereocenters. The predicted octanol–water partition coefficient (Wildman–Crippen LogP) is 4.08. The first kappa shape index (κ1) is 18.7. The minimum absolute atomic E-state index is 0.121. The molecule has 2 aromatic rings. The Morgan fingerprint density at radius 2 is 1.64 bits per heavy atom. The van der Waals surface area contributed by atoms with E-state index in [0.29, 0.717) is 0 Å². The van der Waals surface area contributed by atoms with Crippen molar-refractivity contribution in [3.63, 3.8) is 0 Å². The first-order valence-corrected chi connectivity index (χ1v) is 8.36. The van der Waals surface area contributed by atoms with E-state index in [0.717, 1.165) is 22.6 Å². The lowest BCUT2D eigenvalue weighted by molar-refractivity contribution is -0.120. The van der Waals surface area contributed by atoms with Crippen LogP contribution in [0.5, 0.6) is 5.75 Å². The molecule has 0 bridgehead atoms. The van der Waals surface area contributed by atoms with Gasteiger partial charge >= 0.3 is 0 Å². The Morgan fingerprint density at radius 3 is 2.16 bits per heavy atom. The van der Waals surface area contributed by atoms with Crippen LogP contribution in [-0.2, 0) is 16.6 Å². The van der Waals surface area contributed by atoms with Crippen LogP contribution in [0.15, 0.2) is 53.6 Å². The fraction of sp³-hybridized carbons (Fsp3) is 0.333. The third kappa shape index (κ3) is 5.45. The zero-order valence-corrected chi connectivity index (χ0v) is 15.6. The zero-order valence-electron chi connectivity index (χ0n) is 15.6. The summed E-state index contributed by atoms with van der Waals surface area (Å²) in [6.07, 6.45) is 0.281. The molecule has 0 aliphatic heterocycles. The molecule has 1 N–H and O–H groups in total. The summed E-state index contributed by atoms with van der Waals surface area (Å²) >= 11 is 0. The Balaban J connectivity index is 1.96. The number of carbonyl (C=O) groups excluding carboxylic acids is 1. The minimum Gasteiger partial charge on any atom is -0.497 e. The highest BCUT2D eigenvalue weighted by molar-refractivity contribution is 5.99. The molecule has 2 aromatic carbocycles. The normalized spacial score (nSPS) is 12.0. The molecular formula is C21H26N2O2. The Bertz CT molecular complexity index is 739. The Kier molecular flexibility index (Phi) is 5.97. The van der Waals surface area contributed by atoms with Gasteiger partial charge in [0, 0.05) is 0 Å². The highest BCUT2D eigenvalue weighted by Gasteiger charge is 2.13. The van der Waals surface area contributed by atoms with Crippen LogP contribution in [0.4, 0.5) is 0 Å². The summed E-state index contributed by atoms with van der Waals surface area (Å²) in [6, 6.07) is 15.7. The van der Waals surface area contributed by atoms with Gasteiger partial charge in [-0.3, -0.25) is 4.79 Å². The maximum absolute atomic E-state index is 12.0. The maximum atomic E-state index is 12.0. The summed E-state index contributed by atoms with van der Waals surface area (Å²) in [5.41, 5.74) is 6.71. The number of benzene rings is 2. The van der Waals surface area contributed by atoms with Gasteiger partial charge in [-0.2, -0.15) is 5.10 Å². The van der Waals surface area contributed by atoms with E-state index >= 15 is 0 Å². The summed E-state index contributed by atoms with van der Waals surface area (Å²) in [5, 5.41) is 4.21. The number of nitrogens with one attached hydrogen (secondary N) is 1. The Hall–Kier alpha value is -2.62. The lowest BCUT2D eigenvalue weighted by Gasteiger charge is -2.19. The van der Waals surface area contributed by atoms with Gasteiger partial charge in [0.15, 0.2) is 0 Å². The predicted molar refractivity (Wildman–Crippen MR) is 102 cm³/mol. The van der Waals surface area contributed by atoms with Crippen LogP contribution in [-0.4, -0.2) is 18.7 Å². The van der Waals surface area contributed by atoms with Crippen molar-refractivity contribution in [2.24, 2.45) is 5.10 Å². The average Bonchev–Trinajstić information content (AvgIpc) is 2.59. The molecule has 0 saturated heterocycles. The van der Waals surface area contributed by atoms with E-state index < -0.39 is 0 Å². The van der Waals surface area contributed by atoms with Crippen LogP contribution in [0, 0.1) is 0 Å². The van der Waals surface area contributed by atoms with E-state index in [2.05, 4.69) is 43.4 Å². The number of rotatable bonds is 5. The molecule has 4 nitrogen and oxygen atoms in total. The Labute approximate surface area is 149 Å². The van der Waals surface area contributed by atoms with Crippen LogP contribution in [0.25, 0.3) is 0 Å². The van der Waals surface area contributed by atoms with Gasteiger partial charge in [0.1, 0.15) is 5.75 Å². The number of nitrogens with zero attached hydrogens (tertiary/aromatic N) is 1. The van der Waals surface area contributed by atoms with Gasteiger partial charge in [-0.1, -0.05) is 57.2 Å². The molecule has 25 heavy (non-hydrogen) atoms. The molecule has 0 aliphatic rings. The lowest BCUT2D eigenvalue weighted by atomic mass is 9.86. The monoisotopic (exact) mass is 338 g/mol. The number of amides is 1. The van der Waals surface area contributed by atoms with Crippen molar-refractivity contribution in [2.75, 3.05) is 7.11 Å². The van der Waals surface area contributed by atoms with Crippen LogP contribution < -0.4 is 10.2 Å². The molecule has 0 unspecified atom stereocenters. The van der Waals surface area contributed by atoms with Crippen molar-refractivity contribution < 1.29 is 9.53 Å². The van der Waals surface area contributed by atoms with Crippen LogP contribution >= 0.6 is 0 Å². The first-order chi connectivity index (χ1) is 11.8. The molecule has 4 heteroatoms. The molecule has 132 valence electrons. The maximum Gasteiger partial charge on any atom is 0.244 e. The molecule has 0 fully saturated rings. The van der Waals surface area contributed by atoms with Gasteiger partial charge in [0.25, 0.3) is 0 Å². The quantitative estimate of drug-likeness (QED) is 0.660. The minimum atomic E-state index is -0.143. The fourth-order valence-electron chi connectivity index (χ4n) is 2.39. The number of methoxy groups -OCH3 is 1. The van der Waals surface area contributed by atoms with Crippen molar-refractivity contribution in [3.8, 4) is 5.75 Å². The first-order valence-electron chi connectivity index (χ1n) is 8.36. The summed E-state index contributed by atoms with van der Waals surface area (Å²) in [5.74, 6) is 0.632. The SMILES string of the molecule is COc1ccc(CC(=O)N/N=C(\C)c2ccc(C(C)(C)C)cc2)cc1. The summed E-state index contributed by atoms with van der Waals surface area (Å²) in [7, 11) is 1.62. The molecule has 0 aliphatic carbocycles. The van der Waals surface area contributed by atoms with Crippen molar-refractivity contribution in [1.29, 1.82) is 0 Å². The molecule has 0 saturated carbocycles. The van der Waals surface area contributed by atoms with E-state index in [9.17, 15) is 4.79 Å². The topological polar surface area (TPSA) is 50.7 Å². The standard InChI is InChI=1S/C21H26N2O2/c1-15(17-8-10-18(11-9-17)21(2,3)4)22-23-20(24)14-16-6-12-19(25-5)13-7-16/h6-13H,14H2,1-5H3,(H,23,24)/b22-15+. The average molecular weight is 338 g/mol. The molecule has 0 spiro atoms. The van der Waals surface area contributed by atoms with Gasteiger partial charge in [-0.05, 0) is 41.2 Å². The highest BCUT2D eigenvalue weighted by atomic mass is 16.5. The van der Waals surface area contributed by atoms with Gasteiger partial charge in [-0.15, -0.1) is 0 Å². The summed E-state index contributed by atoms with van der Waals surface area (Å²) in [4.78, 5) is 12.0. The number of ether oxygens (including phenoxy) is 1. The van der Waals surface area contributed by atoms with Crippen LogP contribution in [0.3, 0.4) is 0 Å². The largest absolute Gasteiger partial charge is 0.497 e. The van der Waals surface area contributed by atoms with Gasteiger partial charge in [-0.25, -0.2) is 5.43 Å². The fourth-order valence-corrected chi connectivity index (χ4v) is 2.39. The third-order valence-corrected chi connectivity index (χ3v) is 4.04. The van der Waals surface area contributed by atoms with E-state index in [1.54, 1.807) is 7.11 Å². The summed E-state index contributed by atoms with van der Waals surface area (Å²) in [6.45, 7) is 8.44. The Morgan fingerprint density at radius 1 is 1.04 bits per heavy atom. The molecule has 1 amide bonds. The summed E-state index contributed by atoms with van der Waals surface area (Å²) < 4.78 is 5.11. The highest BCUT2D eigenvalue weighted by Crippen LogP contribution is 2.22. The van der Waals surface area contributed by atoms with Gasteiger partial charge < -0.3 is 4.74 Å². The second kappa shape index (κ2) is 7.97. The number of hydrogen-bond donors (Lipinski definition) is 1. The van der Waals surface area contributed by atoms with Gasteiger partial charge in [0.05, 0.1) is 19.2 Å². The lowest BCUT2D eigenvalue weighted by Crippen LogP contribution is -2.21. The van der Waals surface area contributed by atoms with E-state index in [1.165, 1.54) is 5.56 Å². The number of hydrazone groups is 1. The van der Waals surface area contributed by atoms with Crippen LogP contribution in [0.2, 0.25) is 0 Å². The molecule has 0 heterocycles. The molecular weight excluding hydrogens is 312 g/mol. The van der Waals surface area contributed by atoms with Crippen molar-refractivity contribution in [1.82, 2.24) is 5.43 Å². The van der Waals surface area contributed by atoms with Crippen LogP contribution in [0.1, 0.15) is 44.4 Å². The van der Waals surface area contributed by atoms with Crippen molar-refractivity contribution in [3.05, 3.63) is 65.2 Å². The van der Waals surface area contributed by atoms with Crippen molar-refractivity contribution in [2.45, 2.75) is 39.5 Å². The van der Waals surface area contributed by atoms with E-state index in [-0.39, 0.29) is 17.7 Å². The van der Waals surface area contributed by atoms with E-state index in [1.807, 2.05) is 43.3 Å². The third-order valence-electron chi connectivity index (χ3n) is 4.04. The van der Waals surface area contributed by atoms with Gasteiger partial charge in [0.2, 0.25) is 5.91 Å². The second-order valence-electron chi connectivity index (χ2n) is 7.08. The zero-order chi connectivity index (χ0) is 18.4. The smallest absolute Gasteiger partial charge is 0.244 e. The molecule has 0 radical (unpaired) electrons.